The van der Waals surface area contributed by atoms with Crippen LogP contribution in [0.4, 0.5) is 0 Å². The van der Waals surface area contributed by atoms with Crippen molar-refractivity contribution in [3.63, 3.8) is 0 Å². The molecule has 3 aliphatic rings. The maximum Gasteiger partial charge on any atom is 0.313 e. The van der Waals surface area contributed by atoms with Crippen LogP contribution in [0.25, 0.3) is 0 Å². The van der Waals surface area contributed by atoms with Crippen LogP contribution in [0.5, 0.6) is 0 Å². The molecule has 128 valence electrons. The molecule has 0 aromatic heterocycles. The number of ether oxygens (including phenoxy) is 2. The zero-order valence-corrected chi connectivity index (χ0v) is 14.1. The Morgan fingerprint density at radius 1 is 1.17 bits per heavy atom. The average Bonchev–Trinajstić information content (AvgIpc) is 3.05. The number of benzene rings is 1. The van der Waals surface area contributed by atoms with Crippen LogP contribution in [0.3, 0.4) is 0 Å². The van der Waals surface area contributed by atoms with Crippen LogP contribution >= 0.6 is 0 Å². The fourth-order valence-electron chi connectivity index (χ4n) is 4.41. The molecule has 1 aromatic carbocycles. The smallest absolute Gasteiger partial charge is 0.313 e. The van der Waals surface area contributed by atoms with Crippen LogP contribution in [-0.2, 0) is 27.2 Å². The van der Waals surface area contributed by atoms with Crippen molar-refractivity contribution in [1.82, 2.24) is 4.90 Å². The Hall–Kier alpha value is -1.65. The van der Waals surface area contributed by atoms with E-state index < -0.39 is 0 Å². The first-order valence-electron chi connectivity index (χ1n) is 8.87. The number of hydrogen-bond acceptors (Lipinski definition) is 4. The lowest BCUT2D eigenvalue weighted by atomic mass is 9.75. The molecule has 1 saturated carbocycles. The maximum atomic E-state index is 12.4. The van der Waals surface area contributed by atoms with Crippen molar-refractivity contribution in [3.8, 4) is 0 Å². The van der Waals surface area contributed by atoms with Crippen LogP contribution in [-0.4, -0.2) is 43.8 Å². The van der Waals surface area contributed by atoms with Gasteiger partial charge in [-0.2, -0.15) is 0 Å². The van der Waals surface area contributed by atoms with E-state index >= 15 is 0 Å². The molecule has 2 heterocycles. The fraction of sp³-hybridized carbons (Fsp3) is 0.550. The van der Waals surface area contributed by atoms with Crippen molar-refractivity contribution in [1.29, 1.82) is 0 Å². The Morgan fingerprint density at radius 2 is 1.88 bits per heavy atom. The highest BCUT2D eigenvalue weighted by atomic mass is 16.5. The van der Waals surface area contributed by atoms with Crippen LogP contribution in [0.15, 0.2) is 36.4 Å². The predicted octanol–water partition coefficient (Wildman–Crippen LogP) is 2.57. The Kier molecular flexibility index (Phi) is 4.19. The molecule has 2 atom stereocenters. The Labute approximate surface area is 143 Å². The Morgan fingerprint density at radius 3 is 2.62 bits per heavy atom. The van der Waals surface area contributed by atoms with Gasteiger partial charge in [-0.1, -0.05) is 36.4 Å². The molecule has 2 saturated heterocycles. The summed E-state index contributed by atoms with van der Waals surface area (Å²) in [6.07, 6.45) is 2.49. The molecule has 2 unspecified atom stereocenters. The van der Waals surface area contributed by atoms with Gasteiger partial charge in [0.25, 0.3) is 0 Å². The van der Waals surface area contributed by atoms with Crippen molar-refractivity contribution < 1.29 is 14.3 Å². The third-order valence-electron chi connectivity index (χ3n) is 5.76. The lowest BCUT2D eigenvalue weighted by molar-refractivity contribution is -0.146. The molecule has 3 fully saturated rings. The van der Waals surface area contributed by atoms with E-state index in [1.165, 1.54) is 16.7 Å². The third-order valence-corrected chi connectivity index (χ3v) is 5.76. The fourth-order valence-corrected chi connectivity index (χ4v) is 4.41. The molecule has 4 rings (SSSR count). The molecular formula is C20H25NO3. The summed E-state index contributed by atoms with van der Waals surface area (Å²) in [7, 11) is 0. The number of carbonyl (C=O) groups is 1. The van der Waals surface area contributed by atoms with E-state index in [2.05, 4.69) is 35.7 Å². The standard InChI is InChI=1S/C20H25NO3/c1-15-10-18-14-24-19(22)20(18,11-15)12-16-2-4-17(5-3-16)13-21-6-8-23-9-7-21/h2-5,18H,1,6-14H2. The van der Waals surface area contributed by atoms with Crippen molar-refractivity contribution in [2.24, 2.45) is 11.3 Å². The predicted molar refractivity (Wildman–Crippen MR) is 91.5 cm³/mol. The van der Waals surface area contributed by atoms with Gasteiger partial charge in [0, 0.05) is 25.6 Å². The summed E-state index contributed by atoms with van der Waals surface area (Å²) in [5.74, 6) is 0.286. The van der Waals surface area contributed by atoms with Gasteiger partial charge in [-0.15, -0.1) is 0 Å². The normalized spacial score (nSPS) is 30.4. The molecule has 1 aliphatic carbocycles. The molecular weight excluding hydrogens is 302 g/mol. The second-order valence-electron chi connectivity index (χ2n) is 7.46. The number of fused-ring (bicyclic) bond motifs is 1. The first-order valence-corrected chi connectivity index (χ1v) is 8.87. The van der Waals surface area contributed by atoms with Gasteiger partial charge in [-0.3, -0.25) is 9.69 Å². The van der Waals surface area contributed by atoms with E-state index in [0.717, 1.165) is 52.1 Å². The molecule has 0 spiro atoms. The molecule has 2 aliphatic heterocycles. The number of rotatable bonds is 4. The van der Waals surface area contributed by atoms with Crippen LogP contribution in [0.2, 0.25) is 0 Å². The van der Waals surface area contributed by atoms with Crippen molar-refractivity contribution in [2.75, 3.05) is 32.9 Å². The summed E-state index contributed by atoms with van der Waals surface area (Å²) in [5.41, 5.74) is 3.38. The first kappa shape index (κ1) is 15.9. The zero-order valence-electron chi connectivity index (χ0n) is 14.1. The summed E-state index contributed by atoms with van der Waals surface area (Å²) < 4.78 is 10.8. The minimum Gasteiger partial charge on any atom is -0.465 e. The molecule has 1 aromatic rings. The number of nitrogens with zero attached hydrogens (tertiary/aromatic N) is 1. The van der Waals surface area contributed by atoms with Gasteiger partial charge in [-0.05, 0) is 30.4 Å². The van der Waals surface area contributed by atoms with Crippen molar-refractivity contribution in [2.45, 2.75) is 25.8 Å². The number of cyclic esters (lactones) is 1. The first-order chi connectivity index (χ1) is 11.7. The highest BCUT2D eigenvalue weighted by molar-refractivity contribution is 5.81. The largest absolute Gasteiger partial charge is 0.465 e. The van der Waals surface area contributed by atoms with Gasteiger partial charge in [0.15, 0.2) is 0 Å². The van der Waals surface area contributed by atoms with Gasteiger partial charge in [0.05, 0.1) is 25.2 Å². The third kappa shape index (κ3) is 2.89. The number of carbonyl (C=O) groups excluding carboxylic acids is 1. The van der Waals surface area contributed by atoms with Gasteiger partial charge in [0.2, 0.25) is 0 Å². The SMILES string of the molecule is C=C1CC2COC(=O)C2(Cc2ccc(CN3CCOCC3)cc2)C1. The minimum absolute atomic E-state index is 0.0245. The van der Waals surface area contributed by atoms with E-state index in [9.17, 15) is 4.79 Å². The second kappa shape index (κ2) is 6.34. The Bertz CT molecular complexity index is 633. The lowest BCUT2D eigenvalue weighted by Crippen LogP contribution is -2.35. The summed E-state index contributed by atoms with van der Waals surface area (Å²) in [6.45, 7) is 9.30. The monoisotopic (exact) mass is 327 g/mol. The van der Waals surface area contributed by atoms with E-state index in [-0.39, 0.29) is 11.4 Å². The lowest BCUT2D eigenvalue weighted by Gasteiger charge is -2.27. The highest BCUT2D eigenvalue weighted by Crippen LogP contribution is 2.52. The van der Waals surface area contributed by atoms with E-state index in [1.807, 2.05) is 0 Å². The van der Waals surface area contributed by atoms with Crippen LogP contribution in [0.1, 0.15) is 24.0 Å². The van der Waals surface area contributed by atoms with E-state index in [0.29, 0.717) is 12.5 Å². The number of morpholine rings is 1. The van der Waals surface area contributed by atoms with Gasteiger partial charge in [-0.25, -0.2) is 0 Å². The highest BCUT2D eigenvalue weighted by Gasteiger charge is 2.55. The topological polar surface area (TPSA) is 38.8 Å². The molecule has 4 nitrogen and oxygen atoms in total. The van der Waals surface area contributed by atoms with E-state index in [1.54, 1.807) is 0 Å². The zero-order chi connectivity index (χ0) is 16.6. The van der Waals surface area contributed by atoms with Crippen LogP contribution < -0.4 is 0 Å². The minimum atomic E-state index is -0.358. The second-order valence-corrected chi connectivity index (χ2v) is 7.46. The van der Waals surface area contributed by atoms with E-state index in [4.69, 9.17) is 9.47 Å². The summed E-state index contributed by atoms with van der Waals surface area (Å²) in [4.78, 5) is 14.8. The molecule has 0 N–H and O–H groups in total. The number of allylic oxidation sites excluding steroid dienone is 1. The van der Waals surface area contributed by atoms with Gasteiger partial charge in [0.1, 0.15) is 0 Å². The summed E-state index contributed by atoms with van der Waals surface area (Å²) in [5, 5.41) is 0. The summed E-state index contributed by atoms with van der Waals surface area (Å²) in [6, 6.07) is 8.74. The Balaban J connectivity index is 1.45. The van der Waals surface area contributed by atoms with Crippen LogP contribution in [0, 0.1) is 11.3 Å². The molecule has 0 radical (unpaired) electrons. The number of hydrogen-bond donors (Lipinski definition) is 0. The molecule has 4 heteroatoms. The van der Waals surface area contributed by atoms with Gasteiger partial charge < -0.3 is 9.47 Å². The molecule has 24 heavy (non-hydrogen) atoms. The summed E-state index contributed by atoms with van der Waals surface area (Å²) >= 11 is 0. The quantitative estimate of drug-likeness (QED) is 0.629. The average molecular weight is 327 g/mol. The molecule has 0 bridgehead atoms. The van der Waals surface area contributed by atoms with Crippen molar-refractivity contribution in [3.05, 3.63) is 47.5 Å². The van der Waals surface area contributed by atoms with Gasteiger partial charge >= 0.3 is 5.97 Å². The number of esters is 1. The molecule has 0 amide bonds. The van der Waals surface area contributed by atoms with Crippen molar-refractivity contribution >= 4 is 5.97 Å². The maximum absolute atomic E-state index is 12.4.